The predicted octanol–water partition coefficient (Wildman–Crippen LogP) is 2.51. The predicted molar refractivity (Wildman–Crippen MR) is 99.9 cm³/mol. The van der Waals surface area contributed by atoms with Crippen molar-refractivity contribution in [3.8, 4) is 5.75 Å². The summed E-state index contributed by atoms with van der Waals surface area (Å²) in [6.45, 7) is 4.25. The maximum absolute atomic E-state index is 12.7. The highest BCUT2D eigenvalue weighted by molar-refractivity contribution is 5.88. The van der Waals surface area contributed by atoms with Crippen LogP contribution in [0.25, 0.3) is 0 Å². The van der Waals surface area contributed by atoms with Gasteiger partial charge in [-0.3, -0.25) is 9.59 Å². The normalized spacial score (nSPS) is 17.7. The van der Waals surface area contributed by atoms with E-state index in [0.29, 0.717) is 39.1 Å². The van der Waals surface area contributed by atoms with E-state index in [9.17, 15) is 9.59 Å². The van der Waals surface area contributed by atoms with Crippen LogP contribution in [0.4, 0.5) is 0 Å². The fourth-order valence-corrected chi connectivity index (χ4v) is 3.17. The molecule has 0 spiro atoms. The Labute approximate surface area is 155 Å². The molecule has 1 N–H and O–H groups in total. The number of hydrogen-bond donors (Lipinski definition) is 1. The van der Waals surface area contributed by atoms with Gasteiger partial charge >= 0.3 is 0 Å². The van der Waals surface area contributed by atoms with Gasteiger partial charge in [0.05, 0.1) is 7.11 Å². The number of rotatable bonds is 9. The number of hydrogen-bond acceptors (Lipinski definition) is 4. The molecule has 26 heavy (non-hydrogen) atoms. The first-order valence-electron chi connectivity index (χ1n) is 9.43. The third kappa shape index (κ3) is 6.02. The average Bonchev–Trinajstić information content (AvgIpc) is 2.83. The van der Waals surface area contributed by atoms with Gasteiger partial charge in [0.25, 0.3) is 0 Å². The van der Waals surface area contributed by atoms with Gasteiger partial charge in [-0.2, -0.15) is 0 Å². The van der Waals surface area contributed by atoms with Crippen LogP contribution in [0.5, 0.6) is 5.75 Å². The van der Waals surface area contributed by atoms with E-state index in [1.807, 2.05) is 31.2 Å². The highest BCUT2D eigenvalue weighted by Gasteiger charge is 2.31. The molecule has 6 heteroatoms. The number of ether oxygens (including phenoxy) is 2. The van der Waals surface area contributed by atoms with Crippen molar-refractivity contribution in [2.24, 2.45) is 0 Å². The summed E-state index contributed by atoms with van der Waals surface area (Å²) < 4.78 is 10.6. The van der Waals surface area contributed by atoms with Gasteiger partial charge in [-0.1, -0.05) is 18.6 Å². The lowest BCUT2D eigenvalue weighted by atomic mass is 10.1. The summed E-state index contributed by atoms with van der Waals surface area (Å²) >= 11 is 0. The lowest BCUT2D eigenvalue weighted by Gasteiger charge is -2.29. The minimum Gasteiger partial charge on any atom is -0.497 e. The summed E-state index contributed by atoms with van der Waals surface area (Å²) in [6.07, 6.45) is 3.69. The SMILES string of the molecule is CCOCCCNC(=O)C1CCCCC(=O)N1Cc1cccc(OC)c1. The maximum atomic E-state index is 12.7. The fraction of sp³-hybridized carbons (Fsp3) is 0.600. The average molecular weight is 362 g/mol. The molecule has 0 bridgehead atoms. The highest BCUT2D eigenvalue weighted by Crippen LogP contribution is 2.22. The zero-order valence-corrected chi connectivity index (χ0v) is 15.8. The van der Waals surface area contributed by atoms with Gasteiger partial charge in [-0.05, 0) is 43.9 Å². The Bertz CT molecular complexity index is 591. The smallest absolute Gasteiger partial charge is 0.242 e. The molecule has 0 saturated carbocycles. The number of nitrogens with one attached hydrogen (secondary N) is 1. The molecule has 1 atom stereocenters. The van der Waals surface area contributed by atoms with E-state index < -0.39 is 6.04 Å². The van der Waals surface area contributed by atoms with E-state index in [1.54, 1.807) is 12.0 Å². The number of likely N-dealkylation sites (tertiary alicyclic amines) is 1. The van der Waals surface area contributed by atoms with Crippen LogP contribution in [-0.2, 0) is 20.9 Å². The van der Waals surface area contributed by atoms with Crippen LogP contribution in [0.1, 0.15) is 44.6 Å². The van der Waals surface area contributed by atoms with E-state index in [-0.39, 0.29) is 11.8 Å². The molecule has 1 aliphatic heterocycles. The highest BCUT2D eigenvalue weighted by atomic mass is 16.5. The summed E-state index contributed by atoms with van der Waals surface area (Å²) in [5, 5.41) is 2.96. The molecular formula is C20H30N2O4. The molecule has 1 saturated heterocycles. The van der Waals surface area contributed by atoms with Crippen LogP contribution in [0.2, 0.25) is 0 Å². The van der Waals surface area contributed by atoms with Crippen LogP contribution in [-0.4, -0.2) is 49.6 Å². The Hall–Kier alpha value is -2.08. The van der Waals surface area contributed by atoms with Crippen molar-refractivity contribution in [1.82, 2.24) is 10.2 Å². The molecule has 0 aromatic heterocycles. The van der Waals surface area contributed by atoms with E-state index in [2.05, 4.69) is 5.32 Å². The standard InChI is InChI=1S/C20H30N2O4/c1-3-26-13-7-12-21-20(24)18-10-4-5-11-19(23)22(18)15-16-8-6-9-17(14-16)25-2/h6,8-9,14,18H,3-5,7,10-13,15H2,1-2H3,(H,21,24). The monoisotopic (exact) mass is 362 g/mol. The van der Waals surface area contributed by atoms with Crippen molar-refractivity contribution in [3.05, 3.63) is 29.8 Å². The molecule has 1 aromatic rings. The largest absolute Gasteiger partial charge is 0.497 e. The lowest BCUT2D eigenvalue weighted by Crippen LogP contribution is -2.48. The summed E-state index contributed by atoms with van der Waals surface area (Å²) in [5.74, 6) is 0.723. The second-order valence-corrected chi connectivity index (χ2v) is 6.48. The molecule has 2 rings (SSSR count). The molecule has 1 aromatic carbocycles. The zero-order chi connectivity index (χ0) is 18.8. The Morgan fingerprint density at radius 3 is 2.96 bits per heavy atom. The van der Waals surface area contributed by atoms with Crippen molar-refractivity contribution in [2.75, 3.05) is 26.9 Å². The van der Waals surface area contributed by atoms with Gasteiger partial charge in [-0.25, -0.2) is 0 Å². The Kier molecular flexibility index (Phi) is 8.41. The van der Waals surface area contributed by atoms with E-state index in [1.165, 1.54) is 0 Å². The number of carbonyl (C=O) groups excluding carboxylic acids is 2. The Morgan fingerprint density at radius 2 is 2.19 bits per heavy atom. The zero-order valence-electron chi connectivity index (χ0n) is 15.8. The Balaban J connectivity index is 2.02. The summed E-state index contributed by atoms with van der Waals surface area (Å²) in [7, 11) is 1.62. The quantitative estimate of drug-likeness (QED) is 0.686. The third-order valence-corrected chi connectivity index (χ3v) is 4.57. The van der Waals surface area contributed by atoms with Crippen LogP contribution in [0.3, 0.4) is 0 Å². The van der Waals surface area contributed by atoms with Gasteiger partial charge in [-0.15, -0.1) is 0 Å². The lowest BCUT2D eigenvalue weighted by molar-refractivity contribution is -0.140. The molecule has 6 nitrogen and oxygen atoms in total. The van der Waals surface area contributed by atoms with Crippen molar-refractivity contribution >= 4 is 11.8 Å². The summed E-state index contributed by atoms with van der Waals surface area (Å²) in [6, 6.07) is 7.23. The van der Waals surface area contributed by atoms with Crippen molar-refractivity contribution < 1.29 is 19.1 Å². The van der Waals surface area contributed by atoms with Gasteiger partial charge in [0.15, 0.2) is 0 Å². The minimum atomic E-state index is -0.414. The molecule has 1 unspecified atom stereocenters. The number of nitrogens with zero attached hydrogens (tertiary/aromatic N) is 1. The Morgan fingerprint density at radius 1 is 1.35 bits per heavy atom. The number of benzene rings is 1. The molecule has 144 valence electrons. The topological polar surface area (TPSA) is 67.9 Å². The van der Waals surface area contributed by atoms with Crippen molar-refractivity contribution in [3.63, 3.8) is 0 Å². The van der Waals surface area contributed by atoms with Crippen LogP contribution in [0, 0.1) is 0 Å². The van der Waals surface area contributed by atoms with Crippen LogP contribution in [0.15, 0.2) is 24.3 Å². The van der Waals surface area contributed by atoms with Crippen molar-refractivity contribution in [2.45, 2.75) is 51.6 Å². The van der Waals surface area contributed by atoms with Gasteiger partial charge in [0.1, 0.15) is 11.8 Å². The van der Waals surface area contributed by atoms with Crippen LogP contribution >= 0.6 is 0 Å². The molecule has 0 radical (unpaired) electrons. The number of methoxy groups -OCH3 is 1. The molecule has 2 amide bonds. The van der Waals surface area contributed by atoms with E-state index in [0.717, 1.165) is 30.6 Å². The first-order valence-corrected chi connectivity index (χ1v) is 9.43. The molecule has 1 aliphatic rings. The summed E-state index contributed by atoms with van der Waals surface area (Å²) in [5.41, 5.74) is 0.966. The van der Waals surface area contributed by atoms with Crippen LogP contribution < -0.4 is 10.1 Å². The van der Waals surface area contributed by atoms with E-state index in [4.69, 9.17) is 9.47 Å². The maximum Gasteiger partial charge on any atom is 0.242 e. The second kappa shape index (κ2) is 10.8. The van der Waals surface area contributed by atoms with Gasteiger partial charge < -0.3 is 19.7 Å². The van der Waals surface area contributed by atoms with Gasteiger partial charge in [0, 0.05) is 32.7 Å². The summed E-state index contributed by atoms with van der Waals surface area (Å²) in [4.78, 5) is 27.0. The number of carbonyl (C=O) groups is 2. The first kappa shape index (κ1) is 20.2. The molecule has 1 heterocycles. The van der Waals surface area contributed by atoms with E-state index >= 15 is 0 Å². The first-order chi connectivity index (χ1) is 12.7. The fourth-order valence-electron chi connectivity index (χ4n) is 3.17. The van der Waals surface area contributed by atoms with Gasteiger partial charge in [0.2, 0.25) is 11.8 Å². The van der Waals surface area contributed by atoms with Crippen molar-refractivity contribution in [1.29, 1.82) is 0 Å². The molecular weight excluding hydrogens is 332 g/mol. The molecule has 0 aliphatic carbocycles. The second-order valence-electron chi connectivity index (χ2n) is 6.48. The minimum absolute atomic E-state index is 0.0415. The third-order valence-electron chi connectivity index (χ3n) is 4.57. The molecule has 1 fully saturated rings. The number of amides is 2.